The van der Waals surface area contributed by atoms with Crippen molar-refractivity contribution in [2.24, 2.45) is 0 Å². The van der Waals surface area contributed by atoms with Crippen molar-refractivity contribution < 1.29 is 4.57 Å². The Kier molecular flexibility index (Phi) is 8.10. The summed E-state index contributed by atoms with van der Waals surface area (Å²) >= 11 is 0. The molecular weight excluding hydrogens is 724 g/mol. The molecule has 0 N–H and O–H groups in total. The second-order valence-corrected chi connectivity index (χ2v) is 17.6. The molecule has 0 spiro atoms. The average molecular weight is 761 g/mol. The van der Waals surface area contributed by atoms with Crippen LogP contribution < -0.4 is 15.9 Å². The van der Waals surface area contributed by atoms with Gasteiger partial charge in [0.25, 0.3) is 0 Å². The van der Waals surface area contributed by atoms with Gasteiger partial charge in [-0.2, -0.15) is 0 Å². The number of aromatic nitrogens is 2. The van der Waals surface area contributed by atoms with Gasteiger partial charge in [0.1, 0.15) is 0 Å². The first-order valence-electron chi connectivity index (χ1n) is 19.7. The third-order valence-corrected chi connectivity index (χ3v) is 14.7. The minimum absolute atomic E-state index is 0.827. The van der Waals surface area contributed by atoms with Crippen LogP contribution in [0, 0.1) is 0 Å². The quantitative estimate of drug-likeness (QED) is 0.149. The van der Waals surface area contributed by atoms with Gasteiger partial charge in [-0.3, -0.25) is 0 Å². The minimum Gasteiger partial charge on any atom is -0.309 e. The summed E-state index contributed by atoms with van der Waals surface area (Å²) in [4.78, 5) is 0. The van der Waals surface area contributed by atoms with Crippen LogP contribution in [0.3, 0.4) is 0 Å². The van der Waals surface area contributed by atoms with Gasteiger partial charge in [-0.15, -0.1) is 0 Å². The van der Waals surface area contributed by atoms with Gasteiger partial charge in [-0.05, 0) is 76.9 Å². The Morgan fingerprint density at radius 3 is 1.29 bits per heavy atom. The van der Waals surface area contributed by atoms with Gasteiger partial charge in [-0.25, -0.2) is 0 Å². The minimum atomic E-state index is -3.05. The number of fused-ring (bicyclic) bond motifs is 6. The lowest BCUT2D eigenvalue weighted by molar-refractivity contribution is 0.592. The molecule has 0 aliphatic heterocycles. The van der Waals surface area contributed by atoms with Crippen molar-refractivity contribution in [1.29, 1.82) is 0 Å². The van der Waals surface area contributed by atoms with Crippen molar-refractivity contribution in [3.05, 3.63) is 224 Å². The number of rotatable bonds is 7. The molecule has 0 amide bonds. The smallest absolute Gasteiger partial charge is 0.171 e. The van der Waals surface area contributed by atoms with Gasteiger partial charge in [0.05, 0.1) is 22.1 Å². The van der Waals surface area contributed by atoms with E-state index in [0.717, 1.165) is 43.9 Å². The van der Waals surface area contributed by atoms with Crippen LogP contribution in [0.1, 0.15) is 0 Å². The van der Waals surface area contributed by atoms with E-state index in [-0.39, 0.29) is 0 Å². The fourth-order valence-corrected chi connectivity index (χ4v) is 11.5. The van der Waals surface area contributed by atoms with E-state index in [2.05, 4.69) is 161 Å². The summed E-state index contributed by atoms with van der Waals surface area (Å²) in [5, 5.41) is 7.41. The van der Waals surface area contributed by atoms with E-state index in [0.29, 0.717) is 0 Å². The predicted octanol–water partition coefficient (Wildman–Crippen LogP) is 12.9. The van der Waals surface area contributed by atoms with Crippen LogP contribution in [0.2, 0.25) is 0 Å². The highest BCUT2D eigenvalue weighted by Crippen LogP contribution is 2.43. The standard InChI is InChI=1S/C54H37N2OP/c57-58(44-16-6-2-7-17-44,45-18-8-3-9-19-45)46-32-26-39(27-33-46)40-29-35-53-50(36-40)48-21-11-13-23-52(48)55(53)43-30-24-38(25-31-43)41-28-34-49-47-20-10-12-22-51(47)56(54(49)37-41)42-14-4-1-5-15-42/h1-37H. The molecule has 0 aliphatic rings. The van der Waals surface area contributed by atoms with Crippen molar-refractivity contribution in [3.63, 3.8) is 0 Å². The van der Waals surface area contributed by atoms with Crippen molar-refractivity contribution in [3.8, 4) is 33.6 Å². The summed E-state index contributed by atoms with van der Waals surface area (Å²) in [5.74, 6) is 0. The van der Waals surface area contributed by atoms with E-state index in [9.17, 15) is 4.57 Å². The fraction of sp³-hybridized carbons (Fsp3) is 0. The lowest BCUT2D eigenvalue weighted by atomic mass is 10.0. The summed E-state index contributed by atoms with van der Waals surface area (Å²) in [7, 11) is -3.05. The molecule has 2 aromatic heterocycles. The molecule has 11 rings (SSSR count). The van der Waals surface area contributed by atoms with Gasteiger partial charge in [0, 0.05) is 48.8 Å². The van der Waals surface area contributed by atoms with Crippen LogP contribution in [0.4, 0.5) is 0 Å². The van der Waals surface area contributed by atoms with Crippen LogP contribution in [0.15, 0.2) is 224 Å². The first-order chi connectivity index (χ1) is 28.6. The first kappa shape index (κ1) is 34.1. The largest absolute Gasteiger partial charge is 0.309 e. The first-order valence-corrected chi connectivity index (χ1v) is 21.4. The number of para-hydroxylation sites is 3. The molecular formula is C54H37N2OP. The normalized spacial score (nSPS) is 11.9. The SMILES string of the molecule is O=P(c1ccccc1)(c1ccccc1)c1ccc(-c2ccc3c(c2)c2ccccc2n3-c2ccc(-c3ccc4c5ccccc5n(-c5ccccc5)c4c3)cc2)cc1. The van der Waals surface area contributed by atoms with E-state index in [4.69, 9.17) is 0 Å². The molecule has 0 saturated carbocycles. The highest BCUT2D eigenvalue weighted by atomic mass is 31.2. The molecule has 0 fully saturated rings. The van der Waals surface area contributed by atoms with Crippen LogP contribution in [0.25, 0.3) is 77.2 Å². The Morgan fingerprint density at radius 1 is 0.276 bits per heavy atom. The summed E-state index contributed by atoms with van der Waals surface area (Å²) in [6.45, 7) is 0. The van der Waals surface area contributed by atoms with Crippen LogP contribution >= 0.6 is 7.14 Å². The zero-order valence-electron chi connectivity index (χ0n) is 31.6. The summed E-state index contributed by atoms with van der Waals surface area (Å²) < 4.78 is 19.7. The molecule has 274 valence electrons. The number of nitrogens with zero attached hydrogens (tertiary/aromatic N) is 2. The topological polar surface area (TPSA) is 26.9 Å². The van der Waals surface area contributed by atoms with E-state index in [1.54, 1.807) is 0 Å². The second-order valence-electron chi connectivity index (χ2n) is 14.9. The Labute approximate surface area is 337 Å². The molecule has 0 saturated heterocycles. The average Bonchev–Trinajstić information content (AvgIpc) is 3.82. The molecule has 2 heterocycles. The van der Waals surface area contributed by atoms with Gasteiger partial charge in [0.15, 0.2) is 7.14 Å². The number of hydrogen-bond acceptors (Lipinski definition) is 1. The molecule has 4 heteroatoms. The van der Waals surface area contributed by atoms with Crippen molar-refractivity contribution in [2.45, 2.75) is 0 Å². The van der Waals surface area contributed by atoms with Gasteiger partial charge in [-0.1, -0.05) is 170 Å². The van der Waals surface area contributed by atoms with E-state index in [1.165, 1.54) is 49.2 Å². The molecule has 3 nitrogen and oxygen atoms in total. The van der Waals surface area contributed by atoms with Gasteiger partial charge >= 0.3 is 0 Å². The van der Waals surface area contributed by atoms with Crippen LogP contribution in [0.5, 0.6) is 0 Å². The molecule has 58 heavy (non-hydrogen) atoms. The second kappa shape index (κ2) is 13.8. The molecule has 0 radical (unpaired) electrons. The van der Waals surface area contributed by atoms with Crippen molar-refractivity contribution in [1.82, 2.24) is 9.13 Å². The molecule has 0 unspecified atom stereocenters. The van der Waals surface area contributed by atoms with Crippen LogP contribution in [-0.4, -0.2) is 9.13 Å². The molecule has 0 aliphatic carbocycles. The Hall–Kier alpha value is -7.19. The fourth-order valence-electron chi connectivity index (χ4n) is 8.83. The van der Waals surface area contributed by atoms with Gasteiger partial charge < -0.3 is 13.7 Å². The van der Waals surface area contributed by atoms with E-state index in [1.807, 2.05) is 72.8 Å². The highest BCUT2D eigenvalue weighted by molar-refractivity contribution is 7.85. The number of hydrogen-bond donors (Lipinski definition) is 0. The van der Waals surface area contributed by atoms with Crippen molar-refractivity contribution >= 4 is 66.7 Å². The molecule has 9 aromatic carbocycles. The van der Waals surface area contributed by atoms with E-state index >= 15 is 0 Å². The predicted molar refractivity (Wildman–Crippen MR) is 245 cm³/mol. The maximum Gasteiger partial charge on any atom is 0.171 e. The maximum atomic E-state index is 15.0. The highest BCUT2D eigenvalue weighted by Gasteiger charge is 2.29. The molecule has 0 bridgehead atoms. The third kappa shape index (κ3) is 5.47. The zero-order chi connectivity index (χ0) is 38.6. The lowest BCUT2D eigenvalue weighted by Gasteiger charge is -2.20. The Balaban J connectivity index is 0.965. The lowest BCUT2D eigenvalue weighted by Crippen LogP contribution is -2.24. The third-order valence-electron chi connectivity index (χ3n) is 11.6. The summed E-state index contributed by atoms with van der Waals surface area (Å²) in [6, 6.07) is 78.5. The molecule has 0 atom stereocenters. The Bertz CT molecular complexity index is 3290. The Morgan fingerprint density at radius 2 is 0.672 bits per heavy atom. The summed E-state index contributed by atoms with van der Waals surface area (Å²) in [5.41, 5.74) is 11.6. The maximum absolute atomic E-state index is 15.0. The zero-order valence-corrected chi connectivity index (χ0v) is 32.5. The monoisotopic (exact) mass is 760 g/mol. The summed E-state index contributed by atoms with van der Waals surface area (Å²) in [6.07, 6.45) is 0. The van der Waals surface area contributed by atoms with Gasteiger partial charge in [0.2, 0.25) is 0 Å². The van der Waals surface area contributed by atoms with E-state index < -0.39 is 7.14 Å². The van der Waals surface area contributed by atoms with Crippen molar-refractivity contribution in [2.75, 3.05) is 0 Å². The molecule has 11 aromatic rings. The van der Waals surface area contributed by atoms with Crippen LogP contribution in [-0.2, 0) is 4.57 Å². The number of benzene rings is 9.